The molecule has 1 heterocycles. The van der Waals surface area contributed by atoms with E-state index in [2.05, 4.69) is 10.6 Å². The summed E-state index contributed by atoms with van der Waals surface area (Å²) < 4.78 is 0. The van der Waals surface area contributed by atoms with Crippen LogP contribution in [-0.2, 0) is 9.59 Å². The van der Waals surface area contributed by atoms with E-state index in [4.69, 9.17) is 5.21 Å². The molecule has 1 aliphatic heterocycles. The van der Waals surface area contributed by atoms with Crippen molar-refractivity contribution in [1.82, 2.24) is 16.1 Å². The lowest BCUT2D eigenvalue weighted by molar-refractivity contribution is -0.138. The second-order valence-electron chi connectivity index (χ2n) is 5.46. The molecule has 5 N–H and O–H groups in total. The summed E-state index contributed by atoms with van der Waals surface area (Å²) in [6.45, 7) is 1.37. The van der Waals surface area contributed by atoms with Crippen molar-refractivity contribution in [2.75, 3.05) is 0 Å². The zero-order chi connectivity index (χ0) is 16.1. The van der Waals surface area contributed by atoms with Gasteiger partial charge in [0.1, 0.15) is 6.04 Å². The van der Waals surface area contributed by atoms with E-state index in [-0.39, 0.29) is 11.9 Å². The average molecular weight is 307 g/mol. The average Bonchev–Trinajstić information content (AvgIpc) is 3.02. The minimum Gasteiger partial charge on any atom is -0.391 e. The first kappa shape index (κ1) is 16.4. The molecule has 0 unspecified atom stereocenters. The standard InChI is InChI=1S/C15H21N3O4/c1-9(19)13(15(21)18-22)17-14(20)12-8-7-11(16-12)10-5-3-2-4-6-10/h2-6,9,11-13,16,19,22H,7-8H2,1H3,(H,17,20)(H,18,21)/t9-,11+,12-,13+/m1/s1. The fourth-order valence-electron chi connectivity index (χ4n) is 2.63. The van der Waals surface area contributed by atoms with Gasteiger partial charge in [-0.25, -0.2) is 5.48 Å². The normalized spacial score (nSPS) is 23.6. The third kappa shape index (κ3) is 3.82. The second kappa shape index (κ2) is 7.35. The van der Waals surface area contributed by atoms with Crippen LogP contribution in [0.4, 0.5) is 0 Å². The number of carbonyl (C=O) groups is 2. The lowest BCUT2D eigenvalue weighted by Gasteiger charge is -2.22. The maximum absolute atomic E-state index is 12.2. The highest BCUT2D eigenvalue weighted by molar-refractivity contribution is 5.89. The Kier molecular flexibility index (Phi) is 5.48. The third-order valence-corrected chi connectivity index (χ3v) is 3.84. The van der Waals surface area contributed by atoms with E-state index in [0.717, 1.165) is 12.0 Å². The molecular weight excluding hydrogens is 286 g/mol. The van der Waals surface area contributed by atoms with Gasteiger partial charge in [0.2, 0.25) is 5.91 Å². The largest absolute Gasteiger partial charge is 0.391 e. The quantitative estimate of drug-likeness (QED) is 0.384. The predicted octanol–water partition coefficient (Wildman–Crippen LogP) is -0.149. The van der Waals surface area contributed by atoms with Gasteiger partial charge >= 0.3 is 0 Å². The first-order chi connectivity index (χ1) is 10.5. The van der Waals surface area contributed by atoms with E-state index < -0.39 is 24.1 Å². The first-order valence-corrected chi connectivity index (χ1v) is 7.26. The predicted molar refractivity (Wildman–Crippen MR) is 78.9 cm³/mol. The van der Waals surface area contributed by atoms with Gasteiger partial charge in [0.05, 0.1) is 12.1 Å². The third-order valence-electron chi connectivity index (χ3n) is 3.84. The van der Waals surface area contributed by atoms with Gasteiger partial charge in [-0.3, -0.25) is 20.1 Å². The Morgan fingerprint density at radius 3 is 2.55 bits per heavy atom. The van der Waals surface area contributed by atoms with E-state index in [1.165, 1.54) is 12.4 Å². The van der Waals surface area contributed by atoms with Crippen LogP contribution in [0.2, 0.25) is 0 Å². The van der Waals surface area contributed by atoms with E-state index in [0.29, 0.717) is 6.42 Å². The van der Waals surface area contributed by atoms with Crippen molar-refractivity contribution in [2.24, 2.45) is 0 Å². The van der Waals surface area contributed by atoms with Crippen molar-refractivity contribution in [3.05, 3.63) is 35.9 Å². The Hall–Kier alpha value is -1.96. The second-order valence-corrected chi connectivity index (χ2v) is 5.46. The fourth-order valence-corrected chi connectivity index (χ4v) is 2.63. The Morgan fingerprint density at radius 1 is 1.27 bits per heavy atom. The highest BCUT2D eigenvalue weighted by atomic mass is 16.5. The smallest absolute Gasteiger partial charge is 0.268 e. The SMILES string of the molecule is C[C@@H](O)[C@H](NC(=O)[C@H]1CC[C@@H](c2ccccc2)N1)C(=O)NO. The van der Waals surface area contributed by atoms with Gasteiger partial charge in [0.15, 0.2) is 0 Å². The van der Waals surface area contributed by atoms with Crippen LogP contribution in [0, 0.1) is 0 Å². The first-order valence-electron chi connectivity index (χ1n) is 7.26. The Labute approximate surface area is 128 Å². The molecule has 2 amide bonds. The zero-order valence-corrected chi connectivity index (χ0v) is 12.3. The lowest BCUT2D eigenvalue weighted by atomic mass is 10.1. The van der Waals surface area contributed by atoms with Crippen LogP contribution in [-0.4, -0.2) is 40.3 Å². The molecular formula is C15H21N3O4. The number of nitrogens with one attached hydrogen (secondary N) is 3. The van der Waals surface area contributed by atoms with Crippen molar-refractivity contribution < 1.29 is 19.9 Å². The molecule has 0 spiro atoms. The molecule has 120 valence electrons. The maximum Gasteiger partial charge on any atom is 0.268 e. The molecule has 1 aromatic carbocycles. The van der Waals surface area contributed by atoms with Gasteiger partial charge in [-0.15, -0.1) is 0 Å². The summed E-state index contributed by atoms with van der Waals surface area (Å²) in [6.07, 6.45) is 0.342. The molecule has 7 nitrogen and oxygen atoms in total. The minimum absolute atomic E-state index is 0.0913. The summed E-state index contributed by atoms with van der Waals surface area (Å²) in [7, 11) is 0. The van der Waals surface area contributed by atoms with Crippen LogP contribution >= 0.6 is 0 Å². The van der Waals surface area contributed by atoms with E-state index in [1.807, 2.05) is 30.3 Å². The minimum atomic E-state index is -1.19. The number of benzene rings is 1. The fraction of sp³-hybridized carbons (Fsp3) is 0.467. The van der Waals surface area contributed by atoms with Crippen LogP contribution in [0.3, 0.4) is 0 Å². The van der Waals surface area contributed by atoms with Gasteiger partial charge in [-0.1, -0.05) is 30.3 Å². The number of aliphatic hydroxyl groups is 1. The van der Waals surface area contributed by atoms with Gasteiger partial charge < -0.3 is 10.4 Å². The number of carbonyl (C=O) groups excluding carboxylic acids is 2. The maximum atomic E-state index is 12.2. The van der Waals surface area contributed by atoms with Crippen molar-refractivity contribution in [3.63, 3.8) is 0 Å². The molecule has 4 atom stereocenters. The van der Waals surface area contributed by atoms with Crippen molar-refractivity contribution >= 4 is 11.8 Å². The summed E-state index contributed by atoms with van der Waals surface area (Å²) >= 11 is 0. The summed E-state index contributed by atoms with van der Waals surface area (Å²) in [5.41, 5.74) is 2.55. The highest BCUT2D eigenvalue weighted by Gasteiger charge is 2.33. The molecule has 0 saturated carbocycles. The molecule has 1 saturated heterocycles. The van der Waals surface area contributed by atoms with E-state index >= 15 is 0 Å². The van der Waals surface area contributed by atoms with Crippen molar-refractivity contribution in [2.45, 2.75) is 44.0 Å². The van der Waals surface area contributed by atoms with E-state index in [1.54, 1.807) is 0 Å². The zero-order valence-electron chi connectivity index (χ0n) is 12.3. The van der Waals surface area contributed by atoms with Crippen LogP contribution in [0.25, 0.3) is 0 Å². The van der Waals surface area contributed by atoms with Gasteiger partial charge in [-0.05, 0) is 25.3 Å². The number of amides is 2. The lowest BCUT2D eigenvalue weighted by Crippen LogP contribution is -2.55. The van der Waals surface area contributed by atoms with Gasteiger partial charge in [0, 0.05) is 6.04 Å². The molecule has 0 aromatic heterocycles. The number of hydroxylamine groups is 1. The molecule has 0 bridgehead atoms. The summed E-state index contributed by atoms with van der Waals surface area (Å²) in [5.74, 6) is -1.21. The number of aliphatic hydroxyl groups excluding tert-OH is 1. The van der Waals surface area contributed by atoms with Crippen molar-refractivity contribution in [3.8, 4) is 0 Å². The molecule has 0 aliphatic carbocycles. The Bertz CT molecular complexity index is 521. The van der Waals surface area contributed by atoms with Gasteiger partial charge in [-0.2, -0.15) is 0 Å². The van der Waals surface area contributed by atoms with Crippen LogP contribution < -0.4 is 16.1 Å². The number of hydrogen-bond donors (Lipinski definition) is 5. The number of hydrogen-bond acceptors (Lipinski definition) is 5. The summed E-state index contributed by atoms with van der Waals surface area (Å²) in [5, 5.41) is 23.9. The van der Waals surface area contributed by atoms with Crippen LogP contribution in [0.5, 0.6) is 0 Å². The Balaban J connectivity index is 1.95. The molecule has 0 radical (unpaired) electrons. The number of rotatable bonds is 5. The van der Waals surface area contributed by atoms with Gasteiger partial charge in [0.25, 0.3) is 5.91 Å². The topological polar surface area (TPSA) is 111 Å². The molecule has 1 aliphatic rings. The molecule has 2 rings (SSSR count). The molecule has 7 heteroatoms. The molecule has 1 aromatic rings. The summed E-state index contributed by atoms with van der Waals surface area (Å²) in [6, 6.07) is 8.29. The van der Waals surface area contributed by atoms with Crippen LogP contribution in [0.1, 0.15) is 31.4 Å². The monoisotopic (exact) mass is 307 g/mol. The molecule has 1 fully saturated rings. The summed E-state index contributed by atoms with van der Waals surface area (Å²) in [4.78, 5) is 23.6. The molecule has 22 heavy (non-hydrogen) atoms. The Morgan fingerprint density at radius 2 is 1.95 bits per heavy atom. The van der Waals surface area contributed by atoms with E-state index in [9.17, 15) is 14.7 Å². The van der Waals surface area contributed by atoms with Crippen LogP contribution in [0.15, 0.2) is 30.3 Å². The highest BCUT2D eigenvalue weighted by Crippen LogP contribution is 2.26. The van der Waals surface area contributed by atoms with Crippen molar-refractivity contribution in [1.29, 1.82) is 0 Å².